The molecule has 0 aromatic carbocycles. The summed E-state index contributed by atoms with van der Waals surface area (Å²) in [4.78, 5) is 25.9. The van der Waals surface area contributed by atoms with Crippen LogP contribution in [0.25, 0.3) is 0 Å². The molecule has 0 heterocycles. The first-order valence-corrected chi connectivity index (χ1v) is 6.24. The smallest absolute Gasteiger partial charge is 0.464 e. The molecule has 0 bridgehead atoms. The lowest BCUT2D eigenvalue weighted by Crippen LogP contribution is -2.31. The summed E-state index contributed by atoms with van der Waals surface area (Å²) in [6.45, 7) is 0.102. The number of oxime groups is 1. The van der Waals surface area contributed by atoms with E-state index >= 15 is 0 Å². The summed E-state index contributed by atoms with van der Waals surface area (Å²) < 4.78 is 23.6. The van der Waals surface area contributed by atoms with E-state index in [9.17, 15) is 14.0 Å². The van der Waals surface area contributed by atoms with Crippen LogP contribution < -0.4 is 0 Å². The molecular formula is C10H16BrFN2O6. The second-order valence-corrected chi connectivity index (χ2v) is 4.36. The number of hydrogen-bond donors (Lipinski definition) is 1. The van der Waals surface area contributed by atoms with Gasteiger partial charge in [0, 0.05) is 6.54 Å². The minimum atomic E-state index is -1.69. The molecule has 8 nitrogen and oxygen atoms in total. The van der Waals surface area contributed by atoms with Gasteiger partial charge in [-0.2, -0.15) is 0 Å². The Balaban J connectivity index is 4.41. The van der Waals surface area contributed by atoms with E-state index in [-0.39, 0.29) is 19.4 Å². The first kappa shape index (κ1) is 18.4. The molecule has 0 fully saturated rings. The molecule has 20 heavy (non-hydrogen) atoms. The van der Waals surface area contributed by atoms with Crippen LogP contribution >= 0.6 is 16.1 Å². The van der Waals surface area contributed by atoms with Gasteiger partial charge in [-0.25, -0.2) is 17.9 Å². The van der Waals surface area contributed by atoms with E-state index in [1.54, 1.807) is 0 Å². The van der Waals surface area contributed by atoms with Crippen molar-refractivity contribution in [2.75, 3.05) is 20.8 Å². The number of rotatable bonds is 8. The Morgan fingerprint density at radius 2 is 2.15 bits per heavy atom. The van der Waals surface area contributed by atoms with E-state index < -0.39 is 24.5 Å². The number of methoxy groups -OCH3 is 1. The quantitative estimate of drug-likeness (QED) is 0.309. The van der Waals surface area contributed by atoms with Crippen molar-refractivity contribution >= 4 is 34.6 Å². The molecule has 0 aliphatic heterocycles. The predicted octanol–water partition coefficient (Wildman–Crippen LogP) is 2.18. The SMILES string of the molecule is CON=C[C@@H](F)[C@H](CCCN(Br)C(=O)O)OC(=O)OC. The van der Waals surface area contributed by atoms with Crippen LogP contribution in [0.1, 0.15) is 12.8 Å². The number of amides is 1. The molecule has 0 saturated carbocycles. The van der Waals surface area contributed by atoms with Gasteiger partial charge in [0.15, 0.2) is 6.17 Å². The molecule has 0 unspecified atom stereocenters. The highest BCUT2D eigenvalue weighted by Gasteiger charge is 2.24. The van der Waals surface area contributed by atoms with Gasteiger partial charge < -0.3 is 19.4 Å². The molecule has 10 heteroatoms. The maximum Gasteiger partial charge on any atom is 0.508 e. The number of carbonyl (C=O) groups excluding carboxylic acids is 1. The predicted molar refractivity (Wildman–Crippen MR) is 70.6 cm³/mol. The lowest BCUT2D eigenvalue weighted by molar-refractivity contribution is 0.0127. The highest BCUT2D eigenvalue weighted by Crippen LogP contribution is 2.13. The summed E-state index contributed by atoms with van der Waals surface area (Å²) in [7, 11) is 2.34. The Hall–Kier alpha value is -1.58. The van der Waals surface area contributed by atoms with Crippen LogP contribution in [0.2, 0.25) is 0 Å². The second-order valence-electron chi connectivity index (χ2n) is 3.50. The largest absolute Gasteiger partial charge is 0.508 e. The molecule has 0 aliphatic carbocycles. The third kappa shape index (κ3) is 7.77. The van der Waals surface area contributed by atoms with Crippen LogP contribution in [0.15, 0.2) is 5.16 Å². The van der Waals surface area contributed by atoms with Crippen molar-refractivity contribution in [2.24, 2.45) is 5.16 Å². The Morgan fingerprint density at radius 1 is 1.50 bits per heavy atom. The van der Waals surface area contributed by atoms with Gasteiger partial charge in [-0.3, -0.25) is 0 Å². The van der Waals surface area contributed by atoms with Crippen molar-refractivity contribution in [3.63, 3.8) is 0 Å². The number of carboxylic acid groups (broad SMARTS) is 1. The zero-order chi connectivity index (χ0) is 15.5. The number of carbonyl (C=O) groups is 2. The molecule has 0 aromatic heterocycles. The summed E-state index contributed by atoms with van der Waals surface area (Å²) in [6, 6.07) is 0. The van der Waals surface area contributed by atoms with E-state index in [0.717, 1.165) is 17.3 Å². The first-order valence-electron chi connectivity index (χ1n) is 5.54. The molecule has 1 N–H and O–H groups in total. The maximum atomic E-state index is 13.7. The average molecular weight is 359 g/mol. The Morgan fingerprint density at radius 3 is 2.65 bits per heavy atom. The monoisotopic (exact) mass is 358 g/mol. The average Bonchev–Trinajstić information content (AvgIpc) is 2.42. The van der Waals surface area contributed by atoms with E-state index in [0.29, 0.717) is 0 Å². The minimum absolute atomic E-state index is 0.0847. The number of alkyl halides is 1. The third-order valence-corrected chi connectivity index (χ3v) is 2.79. The highest BCUT2D eigenvalue weighted by atomic mass is 79.9. The summed E-state index contributed by atoms with van der Waals surface area (Å²) in [5.74, 6) is 0. The van der Waals surface area contributed by atoms with Crippen molar-refractivity contribution in [2.45, 2.75) is 25.1 Å². The maximum absolute atomic E-state index is 13.7. The second kappa shape index (κ2) is 10.2. The number of hydrogen-bond acceptors (Lipinski definition) is 6. The van der Waals surface area contributed by atoms with Gasteiger partial charge in [0.25, 0.3) is 0 Å². The molecular weight excluding hydrogens is 343 g/mol. The van der Waals surface area contributed by atoms with Crippen LogP contribution in [0.4, 0.5) is 14.0 Å². The fourth-order valence-corrected chi connectivity index (χ4v) is 1.45. The van der Waals surface area contributed by atoms with E-state index in [1.807, 2.05) is 0 Å². The van der Waals surface area contributed by atoms with Gasteiger partial charge in [0.1, 0.15) is 13.2 Å². The van der Waals surface area contributed by atoms with Crippen molar-refractivity contribution in [1.29, 1.82) is 0 Å². The van der Waals surface area contributed by atoms with Gasteiger partial charge in [-0.1, -0.05) is 5.16 Å². The molecule has 0 rings (SSSR count). The molecule has 0 saturated heterocycles. The highest BCUT2D eigenvalue weighted by molar-refractivity contribution is 9.07. The van der Waals surface area contributed by atoms with Crippen LogP contribution in [0, 0.1) is 0 Å². The van der Waals surface area contributed by atoms with Gasteiger partial charge in [-0.05, 0) is 12.8 Å². The lowest BCUT2D eigenvalue weighted by atomic mass is 10.1. The molecule has 0 aromatic rings. The van der Waals surface area contributed by atoms with Crippen molar-refractivity contribution in [3.05, 3.63) is 0 Å². The van der Waals surface area contributed by atoms with E-state index in [4.69, 9.17) is 9.84 Å². The molecule has 0 aliphatic rings. The molecule has 2 atom stereocenters. The standard InChI is InChI=1S/C10H16BrFN2O6/c1-18-10(17)20-8(7(12)6-13-19-2)4-3-5-14(11)9(15)16/h6-8H,3-5H2,1-2H3,(H,15,16)/t7-,8+/m1/s1. The molecule has 1 amide bonds. The van der Waals surface area contributed by atoms with Crippen molar-refractivity contribution < 1.29 is 33.4 Å². The van der Waals surface area contributed by atoms with E-state index in [2.05, 4.69) is 30.9 Å². The van der Waals surface area contributed by atoms with Crippen molar-refractivity contribution in [3.8, 4) is 0 Å². The molecule has 116 valence electrons. The Bertz CT molecular complexity index is 344. The summed E-state index contributed by atoms with van der Waals surface area (Å²) in [5, 5.41) is 11.9. The fraction of sp³-hybridized carbons (Fsp3) is 0.700. The van der Waals surface area contributed by atoms with Gasteiger partial charge >= 0.3 is 12.2 Å². The van der Waals surface area contributed by atoms with Gasteiger partial charge in [-0.15, -0.1) is 0 Å². The van der Waals surface area contributed by atoms with Crippen LogP contribution in [-0.4, -0.2) is 60.5 Å². The normalized spacial score (nSPS) is 13.6. The lowest BCUT2D eigenvalue weighted by Gasteiger charge is -2.19. The number of halogens is 2. The zero-order valence-corrected chi connectivity index (χ0v) is 12.6. The zero-order valence-electron chi connectivity index (χ0n) is 11.0. The topological polar surface area (TPSA) is 97.7 Å². The van der Waals surface area contributed by atoms with Crippen LogP contribution in [0.5, 0.6) is 0 Å². The van der Waals surface area contributed by atoms with E-state index in [1.165, 1.54) is 7.11 Å². The van der Waals surface area contributed by atoms with Crippen LogP contribution in [0.3, 0.4) is 0 Å². The summed E-state index contributed by atoms with van der Waals surface area (Å²) in [5.41, 5.74) is 0. The molecule has 0 spiro atoms. The number of ether oxygens (including phenoxy) is 2. The number of nitrogens with zero attached hydrogens (tertiary/aromatic N) is 2. The first-order chi connectivity index (χ1) is 9.42. The van der Waals surface area contributed by atoms with Gasteiger partial charge in [0.05, 0.1) is 29.5 Å². The Kier molecular flexibility index (Phi) is 9.43. The summed E-state index contributed by atoms with van der Waals surface area (Å²) in [6.07, 6.45) is -3.84. The van der Waals surface area contributed by atoms with Gasteiger partial charge in [0.2, 0.25) is 0 Å². The fourth-order valence-electron chi connectivity index (χ4n) is 1.20. The third-order valence-electron chi connectivity index (χ3n) is 2.13. The Labute approximate surface area is 123 Å². The molecule has 0 radical (unpaired) electrons. The minimum Gasteiger partial charge on any atom is -0.464 e. The summed E-state index contributed by atoms with van der Waals surface area (Å²) >= 11 is 2.80. The van der Waals surface area contributed by atoms with Crippen LogP contribution in [-0.2, 0) is 14.3 Å². The van der Waals surface area contributed by atoms with Crippen molar-refractivity contribution in [1.82, 2.24) is 3.93 Å².